The second-order valence-corrected chi connectivity index (χ2v) is 9.98. The Hall–Kier alpha value is -4.10. The van der Waals surface area contributed by atoms with Gasteiger partial charge in [0.2, 0.25) is 12.7 Å². The molecule has 0 aliphatic carbocycles. The Bertz CT molecular complexity index is 1450. The molecule has 2 aliphatic rings. The van der Waals surface area contributed by atoms with Crippen LogP contribution >= 0.6 is 0 Å². The number of rotatable bonds is 7. The minimum Gasteiger partial charge on any atom is -0.454 e. The zero-order valence-electron chi connectivity index (χ0n) is 21.6. The maximum absolute atomic E-state index is 13.6. The summed E-state index contributed by atoms with van der Waals surface area (Å²) in [7, 11) is 0. The molecule has 2 aliphatic heterocycles. The van der Waals surface area contributed by atoms with Crippen molar-refractivity contribution in [3.8, 4) is 11.5 Å². The number of amides is 1. The number of pyridine rings is 1. The fourth-order valence-corrected chi connectivity index (χ4v) is 5.27. The van der Waals surface area contributed by atoms with Gasteiger partial charge in [-0.05, 0) is 47.9 Å². The number of carbonyl (C=O) groups is 1. The molecule has 38 heavy (non-hydrogen) atoms. The Labute approximate surface area is 222 Å². The van der Waals surface area contributed by atoms with E-state index in [1.54, 1.807) is 0 Å². The molecule has 2 aromatic heterocycles. The summed E-state index contributed by atoms with van der Waals surface area (Å²) in [4.78, 5) is 22.7. The molecule has 1 amide bonds. The van der Waals surface area contributed by atoms with Crippen LogP contribution in [0.3, 0.4) is 0 Å². The number of aryl methyl sites for hydroxylation is 1. The third-order valence-corrected chi connectivity index (χ3v) is 7.43. The number of hydrogen-bond acceptors (Lipinski definition) is 5. The van der Waals surface area contributed by atoms with E-state index < -0.39 is 0 Å². The van der Waals surface area contributed by atoms with Crippen molar-refractivity contribution in [1.82, 2.24) is 19.2 Å². The lowest BCUT2D eigenvalue weighted by molar-refractivity contribution is -0.133. The van der Waals surface area contributed by atoms with E-state index in [4.69, 9.17) is 9.47 Å². The molecule has 0 bridgehead atoms. The second kappa shape index (κ2) is 10.7. The first-order valence-corrected chi connectivity index (χ1v) is 13.2. The summed E-state index contributed by atoms with van der Waals surface area (Å²) in [5, 5.41) is 0. The predicted octanol–water partition coefficient (Wildman–Crippen LogP) is 4.75. The van der Waals surface area contributed by atoms with Gasteiger partial charge in [0.05, 0.1) is 5.69 Å². The molecule has 6 rings (SSSR count). The molecule has 1 unspecified atom stereocenters. The standard InChI is InChI=1S/C31H32N4O3/c1-23-11-13-35-27(21-32-30(35)18-23)26(25-9-10-28-29(19-25)38-22-37-28)20-31(36)34-16-14-33(15-17-34)12-5-8-24-6-3-2-4-7-24/h2-11,13,18-19,21,26H,12,14-17,20,22H2,1H3/b8-5+. The van der Waals surface area contributed by atoms with Crippen molar-refractivity contribution >= 4 is 17.6 Å². The lowest BCUT2D eigenvalue weighted by atomic mass is 9.91. The van der Waals surface area contributed by atoms with Crippen molar-refractivity contribution in [3.63, 3.8) is 0 Å². The van der Waals surface area contributed by atoms with Gasteiger partial charge in [-0.3, -0.25) is 9.69 Å². The number of fused-ring (bicyclic) bond motifs is 2. The molecule has 7 nitrogen and oxygen atoms in total. The number of piperazine rings is 1. The van der Waals surface area contributed by atoms with Gasteiger partial charge in [0, 0.05) is 57.5 Å². The summed E-state index contributed by atoms with van der Waals surface area (Å²) in [6.45, 7) is 6.38. The lowest BCUT2D eigenvalue weighted by Crippen LogP contribution is -2.48. The second-order valence-electron chi connectivity index (χ2n) is 9.98. The molecule has 194 valence electrons. The topological polar surface area (TPSA) is 59.3 Å². The largest absolute Gasteiger partial charge is 0.454 e. The number of carbonyl (C=O) groups excluding carboxylic acids is 1. The van der Waals surface area contributed by atoms with Gasteiger partial charge < -0.3 is 18.8 Å². The molecule has 1 saturated heterocycles. The Morgan fingerprint density at radius 3 is 2.66 bits per heavy atom. The van der Waals surface area contributed by atoms with E-state index in [1.165, 1.54) is 5.56 Å². The molecule has 4 heterocycles. The zero-order valence-corrected chi connectivity index (χ0v) is 21.6. The van der Waals surface area contributed by atoms with E-state index in [0.717, 1.165) is 66.7 Å². The summed E-state index contributed by atoms with van der Waals surface area (Å²) in [5.41, 5.74) is 5.27. The first-order chi connectivity index (χ1) is 18.6. The highest BCUT2D eigenvalue weighted by molar-refractivity contribution is 5.78. The molecule has 1 fully saturated rings. The van der Waals surface area contributed by atoms with Crippen LogP contribution in [0.1, 0.15) is 34.7 Å². The van der Waals surface area contributed by atoms with Crippen molar-refractivity contribution in [3.05, 3.63) is 102 Å². The maximum Gasteiger partial charge on any atom is 0.231 e. The van der Waals surface area contributed by atoms with Crippen LogP contribution in [0.15, 0.2) is 79.1 Å². The summed E-state index contributed by atoms with van der Waals surface area (Å²) >= 11 is 0. The van der Waals surface area contributed by atoms with Gasteiger partial charge in [0.15, 0.2) is 11.5 Å². The quantitative estimate of drug-likeness (QED) is 0.361. The van der Waals surface area contributed by atoms with Crippen molar-refractivity contribution in [2.45, 2.75) is 19.3 Å². The van der Waals surface area contributed by atoms with Crippen molar-refractivity contribution in [2.24, 2.45) is 0 Å². The average Bonchev–Trinajstić information content (AvgIpc) is 3.59. The predicted molar refractivity (Wildman–Crippen MR) is 147 cm³/mol. The summed E-state index contributed by atoms with van der Waals surface area (Å²) in [6.07, 6.45) is 8.67. The van der Waals surface area contributed by atoms with Gasteiger partial charge in [0.25, 0.3) is 0 Å². The number of benzene rings is 2. The molecule has 4 aromatic rings. The molecule has 7 heteroatoms. The highest BCUT2D eigenvalue weighted by Crippen LogP contribution is 2.38. The van der Waals surface area contributed by atoms with Crippen molar-refractivity contribution < 1.29 is 14.3 Å². The lowest BCUT2D eigenvalue weighted by Gasteiger charge is -2.35. The molecular formula is C31H32N4O3. The normalized spacial score (nSPS) is 16.4. The third kappa shape index (κ3) is 5.15. The first kappa shape index (κ1) is 24.2. The van der Waals surface area contributed by atoms with Crippen LogP contribution in [0.5, 0.6) is 11.5 Å². The van der Waals surface area contributed by atoms with Gasteiger partial charge in [-0.2, -0.15) is 0 Å². The number of ether oxygens (including phenoxy) is 2. The van der Waals surface area contributed by atoms with Crippen LogP contribution in [0.2, 0.25) is 0 Å². The molecule has 0 radical (unpaired) electrons. The van der Waals surface area contributed by atoms with E-state index >= 15 is 0 Å². The highest BCUT2D eigenvalue weighted by Gasteiger charge is 2.28. The van der Waals surface area contributed by atoms with Gasteiger partial charge >= 0.3 is 0 Å². The minimum atomic E-state index is -0.151. The van der Waals surface area contributed by atoms with Crippen LogP contribution in [-0.2, 0) is 4.79 Å². The van der Waals surface area contributed by atoms with E-state index in [9.17, 15) is 4.79 Å². The Balaban J connectivity index is 1.16. The van der Waals surface area contributed by atoms with Gasteiger partial charge in [0.1, 0.15) is 5.65 Å². The average molecular weight is 509 g/mol. The molecule has 1 atom stereocenters. The smallest absolute Gasteiger partial charge is 0.231 e. The van der Waals surface area contributed by atoms with Crippen molar-refractivity contribution in [2.75, 3.05) is 39.5 Å². The van der Waals surface area contributed by atoms with E-state index in [2.05, 4.69) is 69.8 Å². The van der Waals surface area contributed by atoms with Crippen LogP contribution in [0.25, 0.3) is 11.7 Å². The number of imidazole rings is 1. The third-order valence-electron chi connectivity index (χ3n) is 7.43. The summed E-state index contributed by atoms with van der Waals surface area (Å²) < 4.78 is 13.3. The van der Waals surface area contributed by atoms with Gasteiger partial charge in [-0.1, -0.05) is 48.6 Å². The fraction of sp³-hybridized carbons (Fsp3) is 0.290. The van der Waals surface area contributed by atoms with Gasteiger partial charge in [-0.25, -0.2) is 4.98 Å². The monoisotopic (exact) mass is 508 g/mol. The Morgan fingerprint density at radius 1 is 1.00 bits per heavy atom. The molecule has 2 aromatic carbocycles. The minimum absolute atomic E-state index is 0.151. The maximum atomic E-state index is 13.6. The van der Waals surface area contributed by atoms with Crippen LogP contribution in [0, 0.1) is 6.92 Å². The summed E-state index contributed by atoms with van der Waals surface area (Å²) in [6, 6.07) is 20.5. The molecular weight excluding hydrogens is 476 g/mol. The SMILES string of the molecule is Cc1ccn2c(C(CC(=O)N3CCN(C/C=C/c4ccccc4)CC3)c3ccc4c(c3)OCO4)cnc2c1. The Kier molecular flexibility index (Phi) is 6.84. The molecule has 0 spiro atoms. The van der Waals surface area contributed by atoms with Gasteiger partial charge in [-0.15, -0.1) is 0 Å². The molecule has 0 saturated carbocycles. The highest BCUT2D eigenvalue weighted by atomic mass is 16.7. The first-order valence-electron chi connectivity index (χ1n) is 13.2. The number of aromatic nitrogens is 2. The Morgan fingerprint density at radius 2 is 1.82 bits per heavy atom. The number of hydrogen-bond donors (Lipinski definition) is 0. The van der Waals surface area contributed by atoms with Crippen LogP contribution in [-0.4, -0.2) is 64.6 Å². The van der Waals surface area contributed by atoms with E-state index in [-0.39, 0.29) is 18.6 Å². The van der Waals surface area contributed by atoms with Crippen molar-refractivity contribution in [1.29, 1.82) is 0 Å². The van der Waals surface area contributed by atoms with Crippen LogP contribution in [0.4, 0.5) is 0 Å². The van der Waals surface area contributed by atoms with E-state index in [0.29, 0.717) is 6.42 Å². The molecule has 0 N–H and O–H groups in total. The fourth-order valence-electron chi connectivity index (χ4n) is 5.27. The zero-order chi connectivity index (χ0) is 25.9. The van der Waals surface area contributed by atoms with Crippen LogP contribution < -0.4 is 9.47 Å². The summed E-state index contributed by atoms with van der Waals surface area (Å²) in [5.74, 6) is 1.47. The number of nitrogens with zero attached hydrogens (tertiary/aromatic N) is 4. The van der Waals surface area contributed by atoms with E-state index in [1.807, 2.05) is 41.6 Å².